The van der Waals surface area contributed by atoms with Crippen LogP contribution in [0.3, 0.4) is 0 Å². The van der Waals surface area contributed by atoms with Crippen LogP contribution in [0.2, 0.25) is 0 Å². The van der Waals surface area contributed by atoms with Gasteiger partial charge in [0.25, 0.3) is 5.91 Å². The number of aryl methyl sites for hydroxylation is 1. The van der Waals surface area contributed by atoms with Crippen LogP contribution in [0, 0.1) is 6.92 Å². The highest BCUT2D eigenvalue weighted by Gasteiger charge is 2.12. The van der Waals surface area contributed by atoms with Crippen molar-refractivity contribution in [3.05, 3.63) is 59.6 Å². The summed E-state index contributed by atoms with van der Waals surface area (Å²) in [6, 6.07) is 9.61. The van der Waals surface area contributed by atoms with Crippen LogP contribution in [0.1, 0.15) is 21.7 Å². The monoisotopic (exact) mass is 281 g/mol. The number of benzene rings is 1. The molecule has 0 fully saturated rings. The van der Waals surface area contributed by atoms with E-state index in [1.807, 2.05) is 31.2 Å². The lowest BCUT2D eigenvalue weighted by molar-refractivity contribution is 0.100. The van der Waals surface area contributed by atoms with Crippen molar-refractivity contribution in [1.82, 2.24) is 4.98 Å². The highest BCUT2D eigenvalue weighted by atomic mass is 16.3. The summed E-state index contributed by atoms with van der Waals surface area (Å²) < 4.78 is 5.83. The smallest absolute Gasteiger partial charge is 0.252 e. The third-order valence-corrected chi connectivity index (χ3v) is 3.47. The number of hydrogen-bond donors (Lipinski definition) is 2. The zero-order chi connectivity index (χ0) is 14.8. The minimum Gasteiger partial charge on any atom is -0.459 e. The van der Waals surface area contributed by atoms with E-state index < -0.39 is 5.91 Å². The number of para-hydroxylation sites is 1. The van der Waals surface area contributed by atoms with Crippen molar-refractivity contribution in [1.29, 1.82) is 0 Å². The predicted molar refractivity (Wildman–Crippen MR) is 81.0 cm³/mol. The van der Waals surface area contributed by atoms with Gasteiger partial charge in [-0.3, -0.25) is 9.78 Å². The second-order valence-electron chi connectivity index (χ2n) is 4.79. The molecule has 0 aliphatic rings. The maximum atomic E-state index is 11.4. The Morgan fingerprint density at radius 3 is 2.90 bits per heavy atom. The van der Waals surface area contributed by atoms with Gasteiger partial charge in [-0.15, -0.1) is 0 Å². The highest BCUT2D eigenvalue weighted by Crippen LogP contribution is 2.25. The van der Waals surface area contributed by atoms with Gasteiger partial charge in [0.15, 0.2) is 0 Å². The fourth-order valence-electron chi connectivity index (χ4n) is 2.31. The lowest BCUT2D eigenvalue weighted by Gasteiger charge is -2.08. The molecular formula is C16H15N3O2. The number of primary amides is 1. The first kappa shape index (κ1) is 13.2. The normalized spacial score (nSPS) is 10.7. The SMILES string of the molecule is Cc1c(CNc2ccncc2C(N)=O)oc2ccccc12. The van der Waals surface area contributed by atoms with Gasteiger partial charge in [0.2, 0.25) is 0 Å². The largest absolute Gasteiger partial charge is 0.459 e. The van der Waals surface area contributed by atoms with Gasteiger partial charge in [-0.2, -0.15) is 0 Å². The number of anilines is 1. The molecule has 3 aromatic rings. The minimum atomic E-state index is -0.507. The molecular weight excluding hydrogens is 266 g/mol. The van der Waals surface area contributed by atoms with Crippen molar-refractivity contribution in [2.24, 2.45) is 5.73 Å². The first-order chi connectivity index (χ1) is 10.2. The Hall–Kier alpha value is -2.82. The summed E-state index contributed by atoms with van der Waals surface area (Å²) in [5, 5.41) is 4.27. The topological polar surface area (TPSA) is 81.1 Å². The van der Waals surface area contributed by atoms with Crippen LogP contribution < -0.4 is 11.1 Å². The molecule has 3 N–H and O–H groups in total. The number of nitrogens with two attached hydrogens (primary N) is 1. The first-order valence-electron chi connectivity index (χ1n) is 6.61. The summed E-state index contributed by atoms with van der Waals surface area (Å²) in [7, 11) is 0. The molecule has 1 amide bonds. The number of hydrogen-bond acceptors (Lipinski definition) is 4. The van der Waals surface area contributed by atoms with Crippen LogP contribution in [-0.2, 0) is 6.54 Å². The summed E-state index contributed by atoms with van der Waals surface area (Å²) in [5.41, 5.74) is 8.30. The summed E-state index contributed by atoms with van der Waals surface area (Å²) in [6.45, 7) is 2.50. The molecule has 0 saturated heterocycles. The van der Waals surface area contributed by atoms with Crippen LogP contribution in [0.25, 0.3) is 11.0 Å². The number of rotatable bonds is 4. The number of carbonyl (C=O) groups is 1. The van der Waals surface area contributed by atoms with Gasteiger partial charge < -0.3 is 15.5 Å². The third kappa shape index (κ3) is 2.45. The van der Waals surface area contributed by atoms with E-state index in [9.17, 15) is 4.79 Å². The van der Waals surface area contributed by atoms with Crippen LogP contribution in [0.5, 0.6) is 0 Å². The number of aromatic nitrogens is 1. The molecule has 2 heterocycles. The van der Waals surface area contributed by atoms with E-state index in [1.54, 1.807) is 12.3 Å². The van der Waals surface area contributed by atoms with Crippen molar-refractivity contribution in [2.45, 2.75) is 13.5 Å². The second-order valence-corrected chi connectivity index (χ2v) is 4.79. The maximum Gasteiger partial charge on any atom is 0.252 e. The molecule has 21 heavy (non-hydrogen) atoms. The first-order valence-corrected chi connectivity index (χ1v) is 6.61. The molecule has 0 unspecified atom stereocenters. The van der Waals surface area contributed by atoms with Crippen LogP contribution >= 0.6 is 0 Å². The molecule has 2 aromatic heterocycles. The fraction of sp³-hybridized carbons (Fsp3) is 0.125. The van der Waals surface area contributed by atoms with E-state index in [2.05, 4.69) is 10.3 Å². The summed E-state index contributed by atoms with van der Waals surface area (Å²) in [5.74, 6) is 0.329. The van der Waals surface area contributed by atoms with Crippen LogP contribution in [-0.4, -0.2) is 10.9 Å². The van der Waals surface area contributed by atoms with E-state index >= 15 is 0 Å². The average Bonchev–Trinajstić information content (AvgIpc) is 2.82. The quantitative estimate of drug-likeness (QED) is 0.770. The zero-order valence-corrected chi connectivity index (χ0v) is 11.6. The molecule has 0 saturated carbocycles. The number of carbonyl (C=O) groups excluding carboxylic acids is 1. The fourth-order valence-corrected chi connectivity index (χ4v) is 2.31. The molecule has 1 aromatic carbocycles. The molecule has 5 heteroatoms. The molecule has 0 spiro atoms. The molecule has 0 atom stereocenters. The Morgan fingerprint density at radius 2 is 2.14 bits per heavy atom. The maximum absolute atomic E-state index is 11.4. The number of furan rings is 1. The number of nitrogens with zero attached hydrogens (tertiary/aromatic N) is 1. The minimum absolute atomic E-state index is 0.367. The van der Waals surface area contributed by atoms with Crippen molar-refractivity contribution < 1.29 is 9.21 Å². The third-order valence-electron chi connectivity index (χ3n) is 3.47. The predicted octanol–water partition coefficient (Wildman–Crippen LogP) is 2.85. The lowest BCUT2D eigenvalue weighted by atomic mass is 10.1. The molecule has 0 radical (unpaired) electrons. The van der Waals surface area contributed by atoms with Gasteiger partial charge in [0.05, 0.1) is 17.8 Å². The Morgan fingerprint density at radius 1 is 1.33 bits per heavy atom. The van der Waals surface area contributed by atoms with E-state index in [4.69, 9.17) is 10.2 Å². The van der Waals surface area contributed by atoms with Crippen LogP contribution in [0.4, 0.5) is 5.69 Å². The van der Waals surface area contributed by atoms with Gasteiger partial charge in [0.1, 0.15) is 11.3 Å². The van der Waals surface area contributed by atoms with E-state index in [-0.39, 0.29) is 0 Å². The number of amides is 1. The van der Waals surface area contributed by atoms with E-state index in [1.165, 1.54) is 6.20 Å². The summed E-state index contributed by atoms with van der Waals surface area (Å²) in [6.07, 6.45) is 3.07. The Labute approximate surface area is 121 Å². The van der Waals surface area contributed by atoms with Crippen LogP contribution in [0.15, 0.2) is 47.1 Å². The summed E-state index contributed by atoms with van der Waals surface area (Å²) in [4.78, 5) is 15.3. The van der Waals surface area contributed by atoms with E-state index in [0.29, 0.717) is 17.8 Å². The second kappa shape index (κ2) is 5.28. The number of fused-ring (bicyclic) bond motifs is 1. The molecule has 0 aliphatic heterocycles. The molecule has 0 aliphatic carbocycles. The van der Waals surface area contributed by atoms with Gasteiger partial charge in [0, 0.05) is 23.3 Å². The van der Waals surface area contributed by atoms with Gasteiger partial charge in [-0.1, -0.05) is 18.2 Å². The Kier molecular flexibility index (Phi) is 3.31. The molecule has 0 bridgehead atoms. The Bertz CT molecular complexity index is 808. The molecule has 106 valence electrons. The lowest BCUT2D eigenvalue weighted by Crippen LogP contribution is -2.14. The molecule has 3 rings (SSSR count). The van der Waals surface area contributed by atoms with Crippen molar-refractivity contribution in [3.63, 3.8) is 0 Å². The standard InChI is InChI=1S/C16H15N3O2/c1-10-11-4-2-3-5-14(11)21-15(10)9-19-13-6-7-18-8-12(13)16(17)20/h2-8H,9H2,1H3,(H2,17,20)(H,18,19). The zero-order valence-electron chi connectivity index (χ0n) is 11.6. The molecule has 5 nitrogen and oxygen atoms in total. The van der Waals surface area contributed by atoms with E-state index in [0.717, 1.165) is 22.3 Å². The average molecular weight is 281 g/mol. The van der Waals surface area contributed by atoms with Gasteiger partial charge >= 0.3 is 0 Å². The number of pyridine rings is 1. The van der Waals surface area contributed by atoms with Gasteiger partial charge in [-0.05, 0) is 19.1 Å². The highest BCUT2D eigenvalue weighted by molar-refractivity contribution is 5.98. The summed E-state index contributed by atoms with van der Waals surface area (Å²) >= 11 is 0. The van der Waals surface area contributed by atoms with Crippen molar-refractivity contribution >= 4 is 22.6 Å². The van der Waals surface area contributed by atoms with Gasteiger partial charge in [-0.25, -0.2) is 0 Å². The number of nitrogens with one attached hydrogen (secondary N) is 1. The van der Waals surface area contributed by atoms with Crippen molar-refractivity contribution in [3.8, 4) is 0 Å². The Balaban J connectivity index is 1.87. The van der Waals surface area contributed by atoms with Crippen molar-refractivity contribution in [2.75, 3.05) is 5.32 Å².